The summed E-state index contributed by atoms with van der Waals surface area (Å²) in [5, 5.41) is 13.5. The monoisotopic (exact) mass is 1250 g/mol. The van der Waals surface area contributed by atoms with Crippen LogP contribution in [0.1, 0.15) is 77.6 Å². The molecule has 0 aliphatic heterocycles. The van der Waals surface area contributed by atoms with E-state index in [4.69, 9.17) is 0 Å². The third kappa shape index (κ3) is 32.1. The van der Waals surface area contributed by atoms with Crippen molar-refractivity contribution in [2.45, 2.75) is 82.1 Å². The molecule has 0 saturated carbocycles. The first-order chi connectivity index (χ1) is 34.7. The van der Waals surface area contributed by atoms with Crippen molar-refractivity contribution < 1.29 is 78.6 Å². The average molecular weight is 1260 g/mol. The van der Waals surface area contributed by atoms with E-state index < -0.39 is 0 Å². The zero-order chi connectivity index (χ0) is 53.1. The van der Waals surface area contributed by atoms with E-state index in [1.807, 2.05) is 91.1 Å². The molecule has 0 saturated heterocycles. The smallest absolute Gasteiger partial charge is 0.533 e. The quantitative estimate of drug-likeness (QED) is 0.120. The SMILES string of the molecule is CCc1cc2ccccc2[cH-]1.CCc1cc2ccccc2[cH-]1.C[CH-]C.C[CH-]C.C[CH-]C.Cc1cc2ccccc2[cH-]1.Cc1cc2ccccc2[cH-]1.[CH-]=[SiH2].[CH-]=[SiH2].[CH-]=[SiH2].[Zr+4].[Zr+4].[Zr+4].c1cc[cH-]c1.c1ccc2[cH-]ccc2c1. The third-order valence-corrected chi connectivity index (χ3v) is 9.80. The Labute approximate surface area is 517 Å². The topological polar surface area (TPSA) is 0 Å². The standard InChI is InChI=1S/2C11H11.2C10H9.C9H7.C5H5.3C3H7.3CH3Si.3Zr/c2*1-2-9-7-10-5-3-4-6-11(10)8-9;2*1-8-6-9-4-2-3-5-10(9)7-8;1-2-5-9-7-3-6-8(9)4-1;1-2-4-5-3-1;3*1-3-2;3*1-2;;;/h2*3-8H,2H2,1H3;2*2-7H,1H3;1-7H;1-5H;3*3H,1-2H3;3*1H,2H2;;;/q12*-1;3*+4. The van der Waals surface area contributed by atoms with Gasteiger partial charge in [-0.05, 0) is 12.8 Å². The molecule has 0 radical (unpaired) electrons. The largest absolute Gasteiger partial charge is 4.00 e. The molecule has 0 unspecified atom stereocenters. The molecule has 0 N–H and O–H groups in total. The molecule has 74 heavy (non-hydrogen) atoms. The Morgan fingerprint density at radius 1 is 0.351 bits per heavy atom. The van der Waals surface area contributed by atoms with Crippen molar-refractivity contribution in [3.8, 4) is 0 Å². The summed E-state index contributed by atoms with van der Waals surface area (Å²) in [7, 11) is 4.08. The van der Waals surface area contributed by atoms with Crippen molar-refractivity contribution in [1.29, 1.82) is 0 Å². The summed E-state index contributed by atoms with van der Waals surface area (Å²) in [4.78, 5) is 0. The molecule has 0 aromatic heterocycles. The molecule has 0 fully saturated rings. The zero-order valence-corrected chi connectivity index (χ0v) is 57.9. The molecule has 11 rings (SSSR count). The summed E-state index contributed by atoms with van der Waals surface area (Å²) in [6, 6.07) is 76.4. The van der Waals surface area contributed by atoms with Gasteiger partial charge in [-0.2, -0.15) is 102 Å². The Balaban J connectivity index is -0.000000377. The van der Waals surface area contributed by atoms with Crippen LogP contribution in [0.5, 0.6) is 0 Å². The fourth-order valence-electron chi connectivity index (χ4n) is 6.84. The van der Waals surface area contributed by atoms with E-state index >= 15 is 0 Å². The van der Waals surface area contributed by atoms with Crippen molar-refractivity contribution in [2.75, 3.05) is 0 Å². The van der Waals surface area contributed by atoms with Crippen LogP contribution in [0.15, 0.2) is 218 Å². The fraction of sp³-hybridized carbons (Fsp3) is 0.176. The second-order valence-electron chi connectivity index (χ2n) is 15.9. The van der Waals surface area contributed by atoms with Gasteiger partial charge in [0.1, 0.15) is 0 Å². The van der Waals surface area contributed by atoms with E-state index in [-0.39, 0.29) is 78.6 Å². The number of hydrogen-bond acceptors (Lipinski definition) is 0. The van der Waals surface area contributed by atoms with Gasteiger partial charge in [0.25, 0.3) is 0 Å². The van der Waals surface area contributed by atoms with Crippen LogP contribution in [0.4, 0.5) is 0 Å². The van der Waals surface area contributed by atoms with Crippen molar-refractivity contribution in [1.82, 2.24) is 0 Å². The molecule has 0 amide bonds. The molecule has 0 aliphatic rings. The Hall–Kier alpha value is -3.59. The van der Waals surface area contributed by atoms with E-state index in [0.717, 1.165) is 12.8 Å². The minimum absolute atomic E-state index is 0. The van der Waals surface area contributed by atoms with Gasteiger partial charge in [0.2, 0.25) is 0 Å². The summed E-state index contributed by atoms with van der Waals surface area (Å²) in [6.45, 7) is 20.6. The predicted octanol–water partition coefficient (Wildman–Crippen LogP) is 16.4. The molecule has 11 aromatic rings. The predicted molar refractivity (Wildman–Crippen MR) is 339 cm³/mol. The average Bonchev–Trinajstić information content (AvgIpc) is 4.29. The number of fused-ring (bicyclic) bond motifs is 5. The molecule has 11 aromatic carbocycles. The molecule has 0 bridgehead atoms. The second-order valence-corrected chi connectivity index (χ2v) is 15.9. The number of benzene rings is 5. The van der Waals surface area contributed by atoms with Gasteiger partial charge in [-0.1, -0.05) is 58.0 Å². The summed E-state index contributed by atoms with van der Waals surface area (Å²) >= 11 is 0. The van der Waals surface area contributed by atoms with Crippen molar-refractivity contribution in [3.05, 3.63) is 260 Å². The van der Waals surface area contributed by atoms with E-state index in [0.29, 0.717) is 0 Å². The minimum Gasteiger partial charge on any atom is -0.533 e. The van der Waals surface area contributed by atoms with Gasteiger partial charge in [-0.3, -0.25) is 0 Å². The Kier molecular flexibility index (Phi) is 53.5. The first-order valence-electron chi connectivity index (χ1n) is 24.5. The number of aryl methyl sites for hydroxylation is 4. The van der Waals surface area contributed by atoms with Crippen LogP contribution >= 0.6 is 0 Å². The maximum absolute atomic E-state index is 4.53. The maximum atomic E-state index is 4.53. The third-order valence-electron chi connectivity index (χ3n) is 9.80. The van der Waals surface area contributed by atoms with E-state index in [9.17, 15) is 0 Å². The normalized spacial score (nSPS) is 8.68. The van der Waals surface area contributed by atoms with Crippen LogP contribution < -0.4 is 0 Å². The summed E-state index contributed by atoms with van der Waals surface area (Å²) in [5.41, 5.74) is 5.57. The summed E-state index contributed by atoms with van der Waals surface area (Å²) in [5.74, 6) is 0. The van der Waals surface area contributed by atoms with Crippen molar-refractivity contribution in [3.63, 3.8) is 0 Å². The minimum atomic E-state index is 0. The molecule has 0 spiro atoms. The van der Waals surface area contributed by atoms with Gasteiger partial charge in [0, 0.05) is 0 Å². The first kappa shape index (κ1) is 76.9. The van der Waals surface area contributed by atoms with E-state index in [2.05, 4.69) is 234 Å². The Morgan fingerprint density at radius 3 is 0.878 bits per heavy atom. The summed E-state index contributed by atoms with van der Waals surface area (Å²) < 4.78 is 0. The van der Waals surface area contributed by atoms with Crippen molar-refractivity contribution in [2.24, 2.45) is 0 Å². The first-order valence-corrected chi connectivity index (χ1v) is 26.9. The number of hydrogen-bond donors (Lipinski definition) is 0. The molecule has 0 nitrogen and oxygen atoms in total. The van der Waals surface area contributed by atoms with Gasteiger partial charge in [0.15, 0.2) is 0 Å². The molecular formula is C68H82Si3Zr3. The fourth-order valence-corrected chi connectivity index (χ4v) is 6.84. The summed E-state index contributed by atoms with van der Waals surface area (Å²) in [6.07, 6.45) is 21.9. The molecule has 0 heterocycles. The van der Waals surface area contributed by atoms with Crippen LogP contribution in [0, 0.1) is 33.1 Å². The van der Waals surface area contributed by atoms with Gasteiger partial charge < -0.3 is 37.8 Å². The van der Waals surface area contributed by atoms with Crippen LogP contribution in [0.3, 0.4) is 0 Å². The zero-order valence-electron chi connectivity index (χ0n) is 46.3. The van der Waals surface area contributed by atoms with Crippen LogP contribution in [0.25, 0.3) is 53.9 Å². The molecule has 0 aliphatic carbocycles. The van der Waals surface area contributed by atoms with E-state index in [1.165, 1.54) is 106 Å². The molecule has 6 heteroatoms. The Morgan fingerprint density at radius 2 is 0.622 bits per heavy atom. The Bertz CT molecular complexity index is 2550. The van der Waals surface area contributed by atoms with Crippen LogP contribution in [-0.4, -0.2) is 48.1 Å². The second kappa shape index (κ2) is 51.5. The van der Waals surface area contributed by atoms with Gasteiger partial charge in [0.05, 0.1) is 0 Å². The van der Waals surface area contributed by atoms with E-state index in [1.54, 1.807) is 0 Å². The molecular weight excluding hydrogens is 1170 g/mol. The number of rotatable bonds is 2. The van der Waals surface area contributed by atoms with Gasteiger partial charge >= 0.3 is 78.6 Å². The molecule has 0 atom stereocenters. The van der Waals surface area contributed by atoms with Crippen molar-refractivity contribution >= 4 is 102 Å². The molecule has 378 valence electrons. The van der Waals surface area contributed by atoms with Crippen LogP contribution in [-0.2, 0) is 91.5 Å². The van der Waals surface area contributed by atoms with Crippen LogP contribution in [0.2, 0.25) is 0 Å². The maximum Gasteiger partial charge on any atom is 4.00 e. The van der Waals surface area contributed by atoms with Gasteiger partial charge in [-0.15, -0.1) is 192 Å². The van der Waals surface area contributed by atoms with Gasteiger partial charge in [-0.25, -0.2) is 41.7 Å².